The molecule has 0 atom stereocenters. The van der Waals surface area contributed by atoms with E-state index in [2.05, 4.69) is 37.8 Å². The number of imidazole rings is 1. The number of rotatable bonds is 3. The normalized spacial score (nSPS) is 11.1. The number of fused-ring (bicyclic) bond motifs is 1. The average molecular weight is 270 g/mol. The Labute approximate surface area is 95.2 Å². The van der Waals surface area contributed by atoms with Crippen LogP contribution in [0.4, 0.5) is 0 Å². The summed E-state index contributed by atoms with van der Waals surface area (Å²) in [5.41, 5.74) is 1.70. The van der Waals surface area contributed by atoms with Gasteiger partial charge in [0.1, 0.15) is 5.52 Å². The van der Waals surface area contributed by atoms with Gasteiger partial charge in [0.05, 0.1) is 6.33 Å². The van der Waals surface area contributed by atoms with Crippen molar-refractivity contribution in [3.8, 4) is 0 Å². The van der Waals surface area contributed by atoms with E-state index in [4.69, 9.17) is 5.41 Å². The summed E-state index contributed by atoms with van der Waals surface area (Å²) in [7, 11) is 0. The van der Waals surface area contributed by atoms with E-state index in [0.717, 1.165) is 25.0 Å². The second-order valence-electron chi connectivity index (χ2n) is 3.37. The third-order valence-corrected chi connectivity index (χ3v) is 2.62. The predicted molar refractivity (Wildman–Crippen MR) is 60.3 cm³/mol. The molecule has 2 aromatic rings. The standard InChI is InChI=1S/C9H12BrN5/c1-2-3-4-15-5-12-7(11)6-8(15)14-9(10)13-6/h5,11H,2-4H2,1H3,(H,13,14). The van der Waals surface area contributed by atoms with E-state index in [1.807, 2.05) is 4.57 Å². The molecule has 0 unspecified atom stereocenters. The van der Waals surface area contributed by atoms with Gasteiger partial charge in [-0.05, 0) is 22.4 Å². The lowest BCUT2D eigenvalue weighted by Crippen LogP contribution is -2.12. The van der Waals surface area contributed by atoms with Crippen molar-refractivity contribution in [3.63, 3.8) is 0 Å². The molecule has 5 nitrogen and oxygen atoms in total. The topological polar surface area (TPSA) is 70.3 Å². The van der Waals surface area contributed by atoms with Crippen molar-refractivity contribution in [2.24, 2.45) is 0 Å². The number of hydrogen-bond donors (Lipinski definition) is 2. The molecule has 2 N–H and O–H groups in total. The summed E-state index contributed by atoms with van der Waals surface area (Å²) in [5.74, 6) is 0. The monoisotopic (exact) mass is 269 g/mol. The molecular formula is C9H12BrN5. The number of halogens is 1. The molecule has 6 heteroatoms. The van der Waals surface area contributed by atoms with E-state index >= 15 is 0 Å². The zero-order valence-electron chi connectivity index (χ0n) is 8.42. The van der Waals surface area contributed by atoms with Crippen LogP contribution in [0.15, 0.2) is 11.1 Å². The van der Waals surface area contributed by atoms with E-state index in [1.165, 1.54) is 0 Å². The number of nitrogens with zero attached hydrogens (tertiary/aromatic N) is 3. The van der Waals surface area contributed by atoms with Gasteiger partial charge in [0.2, 0.25) is 0 Å². The Hall–Kier alpha value is -1.17. The number of hydrogen-bond acceptors (Lipinski definition) is 3. The maximum Gasteiger partial charge on any atom is 0.177 e. The first-order valence-corrected chi connectivity index (χ1v) is 5.67. The van der Waals surface area contributed by atoms with Gasteiger partial charge in [-0.15, -0.1) is 0 Å². The van der Waals surface area contributed by atoms with Crippen molar-refractivity contribution in [1.82, 2.24) is 19.5 Å². The molecular weight excluding hydrogens is 258 g/mol. The van der Waals surface area contributed by atoms with Gasteiger partial charge < -0.3 is 9.55 Å². The summed E-state index contributed by atoms with van der Waals surface area (Å²) in [6.45, 7) is 3.03. The summed E-state index contributed by atoms with van der Waals surface area (Å²) in [6, 6.07) is 0. The van der Waals surface area contributed by atoms with Crippen LogP contribution in [-0.2, 0) is 6.54 Å². The average Bonchev–Trinajstić information content (AvgIpc) is 2.60. The second-order valence-corrected chi connectivity index (χ2v) is 4.12. The van der Waals surface area contributed by atoms with Crippen LogP contribution in [0, 0.1) is 5.41 Å². The molecule has 0 saturated heterocycles. The Kier molecular flexibility index (Phi) is 2.86. The van der Waals surface area contributed by atoms with Gasteiger partial charge in [-0.1, -0.05) is 13.3 Å². The number of H-pyrrole nitrogens is 1. The number of aromatic nitrogens is 4. The minimum atomic E-state index is 0.232. The molecule has 0 aliphatic rings. The Balaban J connectivity index is 2.55. The molecule has 15 heavy (non-hydrogen) atoms. The van der Waals surface area contributed by atoms with Gasteiger partial charge in [-0.2, -0.15) is 0 Å². The minimum absolute atomic E-state index is 0.232. The molecule has 0 saturated carbocycles. The van der Waals surface area contributed by atoms with Crippen molar-refractivity contribution in [2.75, 3.05) is 0 Å². The Morgan fingerprint density at radius 2 is 2.40 bits per heavy atom. The fraction of sp³-hybridized carbons (Fsp3) is 0.444. The molecule has 80 valence electrons. The van der Waals surface area contributed by atoms with Crippen molar-refractivity contribution in [1.29, 1.82) is 5.41 Å². The van der Waals surface area contributed by atoms with E-state index < -0.39 is 0 Å². The molecule has 2 heterocycles. The van der Waals surface area contributed by atoms with Crippen LogP contribution in [-0.4, -0.2) is 19.5 Å². The highest BCUT2D eigenvalue weighted by atomic mass is 79.9. The van der Waals surface area contributed by atoms with Crippen molar-refractivity contribution in [2.45, 2.75) is 26.3 Å². The van der Waals surface area contributed by atoms with Crippen LogP contribution >= 0.6 is 15.9 Å². The highest BCUT2D eigenvalue weighted by molar-refractivity contribution is 9.10. The summed E-state index contributed by atoms with van der Waals surface area (Å²) < 4.78 is 2.61. The van der Waals surface area contributed by atoms with Crippen LogP contribution in [0.5, 0.6) is 0 Å². The SMILES string of the molecule is CCCCn1cnc(=N)c2[nH]c(Br)nc21. The molecule has 2 rings (SSSR count). The van der Waals surface area contributed by atoms with E-state index in [1.54, 1.807) is 6.33 Å². The zero-order chi connectivity index (χ0) is 10.8. The van der Waals surface area contributed by atoms with Gasteiger partial charge in [0.25, 0.3) is 0 Å². The molecule has 0 spiro atoms. The summed E-state index contributed by atoms with van der Waals surface area (Å²) in [4.78, 5) is 11.3. The van der Waals surface area contributed by atoms with Crippen molar-refractivity contribution in [3.05, 3.63) is 16.5 Å². The molecule has 0 aliphatic heterocycles. The third-order valence-electron chi connectivity index (χ3n) is 2.24. The summed E-state index contributed by atoms with van der Waals surface area (Å²) in [6.07, 6.45) is 3.89. The van der Waals surface area contributed by atoms with E-state index in [0.29, 0.717) is 10.3 Å². The van der Waals surface area contributed by atoms with Gasteiger partial charge in [-0.25, -0.2) is 9.97 Å². The Morgan fingerprint density at radius 3 is 3.13 bits per heavy atom. The lowest BCUT2D eigenvalue weighted by molar-refractivity contribution is 0.631. The van der Waals surface area contributed by atoms with E-state index in [9.17, 15) is 0 Å². The quantitative estimate of drug-likeness (QED) is 0.835. The summed E-state index contributed by atoms with van der Waals surface area (Å²) in [5, 5.41) is 7.63. The lowest BCUT2D eigenvalue weighted by Gasteiger charge is -2.04. The van der Waals surface area contributed by atoms with Crippen LogP contribution in [0.2, 0.25) is 0 Å². The number of unbranched alkanes of at least 4 members (excludes halogenated alkanes) is 1. The fourth-order valence-corrected chi connectivity index (χ4v) is 1.81. The lowest BCUT2D eigenvalue weighted by atomic mass is 10.3. The van der Waals surface area contributed by atoms with Crippen LogP contribution in [0.3, 0.4) is 0 Å². The Bertz CT molecular complexity index is 527. The highest BCUT2D eigenvalue weighted by Gasteiger charge is 2.06. The smallest absolute Gasteiger partial charge is 0.177 e. The molecule has 0 radical (unpaired) electrons. The fourth-order valence-electron chi connectivity index (χ4n) is 1.45. The van der Waals surface area contributed by atoms with Gasteiger partial charge in [0, 0.05) is 6.54 Å². The number of aryl methyl sites for hydroxylation is 1. The first kappa shape index (κ1) is 10.4. The number of nitrogens with one attached hydrogen (secondary N) is 2. The molecule has 0 aromatic carbocycles. The van der Waals surface area contributed by atoms with Crippen LogP contribution < -0.4 is 5.49 Å². The molecule has 0 aliphatic carbocycles. The molecule has 0 fully saturated rings. The molecule has 0 bridgehead atoms. The van der Waals surface area contributed by atoms with Crippen molar-refractivity contribution >= 4 is 27.1 Å². The minimum Gasteiger partial charge on any atom is -0.328 e. The number of aromatic amines is 1. The zero-order valence-corrected chi connectivity index (χ0v) is 10.0. The Morgan fingerprint density at radius 1 is 1.60 bits per heavy atom. The predicted octanol–water partition coefficient (Wildman–Crippen LogP) is 1.80. The van der Waals surface area contributed by atoms with Crippen LogP contribution in [0.25, 0.3) is 11.2 Å². The first-order chi connectivity index (χ1) is 7.22. The van der Waals surface area contributed by atoms with Gasteiger partial charge in [-0.3, -0.25) is 5.41 Å². The second kappa shape index (κ2) is 4.14. The molecule has 2 aromatic heterocycles. The van der Waals surface area contributed by atoms with Gasteiger partial charge in [0.15, 0.2) is 15.9 Å². The highest BCUT2D eigenvalue weighted by Crippen LogP contribution is 2.11. The molecule has 0 amide bonds. The van der Waals surface area contributed by atoms with Crippen LogP contribution in [0.1, 0.15) is 19.8 Å². The largest absolute Gasteiger partial charge is 0.328 e. The summed E-state index contributed by atoms with van der Waals surface area (Å²) >= 11 is 3.27. The maximum atomic E-state index is 7.63. The third kappa shape index (κ3) is 1.94. The first-order valence-electron chi connectivity index (χ1n) is 4.87. The van der Waals surface area contributed by atoms with Crippen molar-refractivity contribution < 1.29 is 0 Å². The van der Waals surface area contributed by atoms with E-state index in [-0.39, 0.29) is 5.49 Å². The van der Waals surface area contributed by atoms with Gasteiger partial charge >= 0.3 is 0 Å². The maximum absolute atomic E-state index is 7.63.